The Morgan fingerprint density at radius 3 is 2.33 bits per heavy atom. The highest BCUT2D eigenvalue weighted by Crippen LogP contribution is 2.22. The van der Waals surface area contributed by atoms with E-state index in [-0.39, 0.29) is 11.8 Å². The molecule has 0 spiro atoms. The molecule has 24 heavy (non-hydrogen) atoms. The molecule has 2 aromatic carbocycles. The molecule has 0 radical (unpaired) electrons. The Kier molecular flexibility index (Phi) is 4.04. The summed E-state index contributed by atoms with van der Waals surface area (Å²) in [6, 6.07) is 13.1. The fourth-order valence-electron chi connectivity index (χ4n) is 2.59. The van der Waals surface area contributed by atoms with Crippen molar-refractivity contribution in [1.82, 2.24) is 10.2 Å². The van der Waals surface area contributed by atoms with Crippen LogP contribution in [0.3, 0.4) is 0 Å². The quantitative estimate of drug-likeness (QED) is 0.852. The topological polar surface area (TPSA) is 78.5 Å². The van der Waals surface area contributed by atoms with Crippen LogP contribution in [0, 0.1) is 6.92 Å². The van der Waals surface area contributed by atoms with E-state index in [1.807, 2.05) is 25.1 Å². The number of aryl methyl sites for hydroxylation is 1. The van der Waals surface area contributed by atoms with Crippen LogP contribution in [-0.4, -0.2) is 29.8 Å². The lowest BCUT2D eigenvalue weighted by atomic mass is 10.1. The Bertz CT molecular complexity index is 815. The molecule has 1 saturated heterocycles. The van der Waals surface area contributed by atoms with E-state index < -0.39 is 12.1 Å². The number of nitrogens with zero attached hydrogens (tertiary/aromatic N) is 1. The predicted octanol–water partition coefficient (Wildman–Crippen LogP) is 2.47. The lowest BCUT2D eigenvalue weighted by Crippen LogP contribution is -2.25. The van der Waals surface area contributed by atoms with Crippen molar-refractivity contribution in [3.05, 3.63) is 65.2 Å². The molecule has 3 rings (SSSR count). The van der Waals surface area contributed by atoms with E-state index in [1.54, 1.807) is 30.3 Å². The van der Waals surface area contributed by atoms with Crippen molar-refractivity contribution < 1.29 is 14.4 Å². The van der Waals surface area contributed by atoms with Crippen LogP contribution in [0.2, 0.25) is 0 Å². The zero-order chi connectivity index (χ0) is 17.3. The first kappa shape index (κ1) is 15.7. The molecule has 122 valence electrons. The van der Waals surface area contributed by atoms with Gasteiger partial charge in [0.05, 0.1) is 0 Å². The molecular formula is C18H17N3O3. The van der Waals surface area contributed by atoms with Crippen molar-refractivity contribution in [2.75, 3.05) is 12.4 Å². The fourth-order valence-corrected chi connectivity index (χ4v) is 2.59. The number of carbonyl (C=O) groups is 3. The number of imide groups is 1. The number of anilines is 1. The fraction of sp³-hybridized carbons (Fsp3) is 0.167. The number of urea groups is 1. The van der Waals surface area contributed by atoms with Crippen molar-refractivity contribution in [2.45, 2.75) is 13.0 Å². The van der Waals surface area contributed by atoms with Crippen LogP contribution in [-0.2, 0) is 4.79 Å². The first-order valence-electron chi connectivity index (χ1n) is 7.52. The molecule has 1 heterocycles. The van der Waals surface area contributed by atoms with E-state index in [0.29, 0.717) is 16.8 Å². The first-order valence-corrected chi connectivity index (χ1v) is 7.52. The molecule has 6 heteroatoms. The van der Waals surface area contributed by atoms with Crippen LogP contribution in [0.15, 0.2) is 48.5 Å². The number of carbonyl (C=O) groups excluding carboxylic acids is 3. The molecule has 0 saturated carbocycles. The molecule has 1 aliphatic rings. The van der Waals surface area contributed by atoms with Crippen molar-refractivity contribution in [3.63, 3.8) is 0 Å². The van der Waals surface area contributed by atoms with Gasteiger partial charge >= 0.3 is 6.03 Å². The molecular weight excluding hydrogens is 306 g/mol. The van der Waals surface area contributed by atoms with Gasteiger partial charge in [-0.25, -0.2) is 4.79 Å². The van der Waals surface area contributed by atoms with Gasteiger partial charge in [-0.15, -0.1) is 0 Å². The molecule has 1 atom stereocenters. The molecule has 1 unspecified atom stereocenters. The van der Waals surface area contributed by atoms with Crippen LogP contribution < -0.4 is 10.6 Å². The summed E-state index contributed by atoms with van der Waals surface area (Å²) in [6.07, 6.45) is 0. The van der Waals surface area contributed by atoms with Gasteiger partial charge in [0.15, 0.2) is 0 Å². The van der Waals surface area contributed by atoms with Crippen LogP contribution in [0.1, 0.15) is 27.5 Å². The molecule has 0 aromatic heterocycles. The standard InChI is InChI=1S/C18H17N3O3/c1-11-5-3-4-6-14(11)16(22)19-13-9-7-12(8-10-13)15-17(23)21(2)18(24)20-15/h3-10,15H,1-2H3,(H,19,22)(H,20,24). The number of likely N-dealkylation sites (N-methyl/N-ethyl adjacent to an activating group) is 1. The third kappa shape index (κ3) is 2.86. The lowest BCUT2D eigenvalue weighted by Gasteiger charge is -2.11. The molecule has 0 aliphatic carbocycles. The molecule has 2 N–H and O–H groups in total. The summed E-state index contributed by atoms with van der Waals surface area (Å²) in [5.74, 6) is -0.484. The van der Waals surface area contributed by atoms with Crippen molar-refractivity contribution in [3.8, 4) is 0 Å². The highest BCUT2D eigenvalue weighted by molar-refractivity contribution is 6.06. The third-order valence-electron chi connectivity index (χ3n) is 4.04. The number of rotatable bonds is 3. The van der Waals surface area contributed by atoms with Gasteiger partial charge in [0.25, 0.3) is 11.8 Å². The second-order valence-electron chi connectivity index (χ2n) is 5.67. The average Bonchev–Trinajstić information content (AvgIpc) is 2.83. The molecule has 2 aromatic rings. The normalized spacial score (nSPS) is 16.9. The van der Waals surface area contributed by atoms with Gasteiger partial charge in [-0.1, -0.05) is 30.3 Å². The highest BCUT2D eigenvalue weighted by Gasteiger charge is 2.36. The average molecular weight is 323 g/mol. The number of amides is 4. The smallest absolute Gasteiger partial charge is 0.322 e. The minimum Gasteiger partial charge on any atom is -0.322 e. The largest absolute Gasteiger partial charge is 0.324 e. The monoisotopic (exact) mass is 323 g/mol. The summed E-state index contributed by atoms with van der Waals surface area (Å²) in [7, 11) is 1.44. The minimum atomic E-state index is -0.677. The van der Waals surface area contributed by atoms with Crippen molar-refractivity contribution in [2.24, 2.45) is 0 Å². The van der Waals surface area contributed by atoms with E-state index in [1.165, 1.54) is 7.05 Å². The van der Waals surface area contributed by atoms with E-state index >= 15 is 0 Å². The maximum absolute atomic E-state index is 12.3. The zero-order valence-corrected chi connectivity index (χ0v) is 13.4. The number of hydrogen-bond acceptors (Lipinski definition) is 3. The van der Waals surface area contributed by atoms with E-state index in [2.05, 4.69) is 10.6 Å². The van der Waals surface area contributed by atoms with Crippen LogP contribution in [0.5, 0.6) is 0 Å². The number of nitrogens with one attached hydrogen (secondary N) is 2. The van der Waals surface area contributed by atoms with Gasteiger partial charge in [-0.05, 0) is 36.2 Å². The summed E-state index contributed by atoms with van der Waals surface area (Å²) in [5, 5.41) is 5.44. The Labute approximate surface area is 139 Å². The predicted molar refractivity (Wildman–Crippen MR) is 89.6 cm³/mol. The number of hydrogen-bond donors (Lipinski definition) is 2. The van der Waals surface area contributed by atoms with Crippen molar-refractivity contribution >= 4 is 23.5 Å². The third-order valence-corrected chi connectivity index (χ3v) is 4.04. The number of benzene rings is 2. The van der Waals surface area contributed by atoms with Gasteiger partial charge in [-0.3, -0.25) is 14.5 Å². The second-order valence-corrected chi connectivity index (χ2v) is 5.67. The molecule has 1 fully saturated rings. The molecule has 1 aliphatic heterocycles. The first-order chi connectivity index (χ1) is 11.5. The van der Waals surface area contributed by atoms with E-state index in [4.69, 9.17) is 0 Å². The van der Waals surface area contributed by atoms with Gasteiger partial charge in [0.1, 0.15) is 6.04 Å². The molecule has 0 bridgehead atoms. The van der Waals surface area contributed by atoms with Gasteiger partial charge < -0.3 is 10.6 Å². The Morgan fingerprint density at radius 2 is 1.75 bits per heavy atom. The second kappa shape index (κ2) is 6.16. The summed E-state index contributed by atoms with van der Waals surface area (Å²) in [5.41, 5.74) is 2.80. The van der Waals surface area contributed by atoms with E-state index in [0.717, 1.165) is 10.5 Å². The highest BCUT2D eigenvalue weighted by atomic mass is 16.2. The van der Waals surface area contributed by atoms with Crippen LogP contribution in [0.4, 0.5) is 10.5 Å². The van der Waals surface area contributed by atoms with Gasteiger partial charge in [-0.2, -0.15) is 0 Å². The maximum atomic E-state index is 12.3. The lowest BCUT2D eigenvalue weighted by molar-refractivity contribution is -0.126. The zero-order valence-electron chi connectivity index (χ0n) is 13.4. The summed E-state index contributed by atoms with van der Waals surface area (Å²) < 4.78 is 0. The molecule has 4 amide bonds. The maximum Gasteiger partial charge on any atom is 0.324 e. The van der Waals surface area contributed by atoms with Crippen LogP contribution in [0.25, 0.3) is 0 Å². The Balaban J connectivity index is 1.74. The summed E-state index contributed by atoms with van der Waals surface area (Å²) in [6.45, 7) is 1.88. The summed E-state index contributed by atoms with van der Waals surface area (Å²) in [4.78, 5) is 36.8. The summed E-state index contributed by atoms with van der Waals surface area (Å²) >= 11 is 0. The Morgan fingerprint density at radius 1 is 1.08 bits per heavy atom. The van der Waals surface area contributed by atoms with Crippen molar-refractivity contribution in [1.29, 1.82) is 0 Å². The van der Waals surface area contributed by atoms with Crippen LogP contribution >= 0.6 is 0 Å². The molecule has 6 nitrogen and oxygen atoms in total. The SMILES string of the molecule is Cc1ccccc1C(=O)Nc1ccc(C2NC(=O)N(C)C2=O)cc1. The van der Waals surface area contributed by atoms with E-state index in [9.17, 15) is 14.4 Å². The Hall–Kier alpha value is -3.15. The minimum absolute atomic E-state index is 0.189. The van der Waals surface area contributed by atoms with Gasteiger partial charge in [0.2, 0.25) is 0 Å². The van der Waals surface area contributed by atoms with Gasteiger partial charge in [0, 0.05) is 18.3 Å².